The fraction of sp³-hybridized carbons (Fsp3) is 0.368. The highest BCUT2D eigenvalue weighted by Crippen LogP contribution is 2.24. The number of aliphatic hydroxyl groups excluding tert-OH is 1. The van der Waals surface area contributed by atoms with Crippen molar-refractivity contribution >= 4 is 11.4 Å². The summed E-state index contributed by atoms with van der Waals surface area (Å²) in [6.45, 7) is 1.86. The molecule has 0 amide bonds. The standard InChI is InChI=1S/C19H23N3O3/c23-14-19(15-4-2-1-3-5-15)20-16-10-12-21(13-11-16)17-6-8-18(9-7-17)22(24)25/h1-9,16,19-20,23H,10-14H2. The van der Waals surface area contributed by atoms with Crippen molar-refractivity contribution in [3.63, 3.8) is 0 Å². The van der Waals surface area contributed by atoms with Crippen LogP contribution in [0.25, 0.3) is 0 Å². The van der Waals surface area contributed by atoms with Crippen molar-refractivity contribution < 1.29 is 10.0 Å². The lowest BCUT2D eigenvalue weighted by Crippen LogP contribution is -2.44. The first-order valence-corrected chi connectivity index (χ1v) is 8.58. The Morgan fingerprint density at radius 2 is 1.76 bits per heavy atom. The van der Waals surface area contributed by atoms with Crippen LogP contribution in [0.4, 0.5) is 11.4 Å². The van der Waals surface area contributed by atoms with Gasteiger partial charge in [-0.2, -0.15) is 0 Å². The van der Waals surface area contributed by atoms with Gasteiger partial charge in [0, 0.05) is 37.0 Å². The molecule has 2 N–H and O–H groups in total. The average Bonchev–Trinajstić information content (AvgIpc) is 2.67. The van der Waals surface area contributed by atoms with Crippen molar-refractivity contribution in [3.8, 4) is 0 Å². The van der Waals surface area contributed by atoms with Crippen molar-refractivity contribution in [1.82, 2.24) is 5.32 Å². The Bertz CT molecular complexity index is 683. The number of anilines is 1. The summed E-state index contributed by atoms with van der Waals surface area (Å²) in [5.74, 6) is 0. The van der Waals surface area contributed by atoms with Crippen molar-refractivity contribution in [3.05, 3.63) is 70.3 Å². The van der Waals surface area contributed by atoms with Gasteiger partial charge in [0.05, 0.1) is 17.6 Å². The van der Waals surface area contributed by atoms with Crippen molar-refractivity contribution in [2.24, 2.45) is 0 Å². The number of non-ortho nitro benzene ring substituents is 1. The fourth-order valence-electron chi connectivity index (χ4n) is 3.31. The molecule has 1 unspecified atom stereocenters. The van der Waals surface area contributed by atoms with Gasteiger partial charge in [-0.1, -0.05) is 30.3 Å². The van der Waals surface area contributed by atoms with Gasteiger partial charge in [-0.15, -0.1) is 0 Å². The molecule has 0 radical (unpaired) electrons. The van der Waals surface area contributed by atoms with Gasteiger partial charge in [0.2, 0.25) is 0 Å². The first-order valence-electron chi connectivity index (χ1n) is 8.58. The topological polar surface area (TPSA) is 78.6 Å². The summed E-state index contributed by atoms with van der Waals surface area (Å²) in [5.41, 5.74) is 2.24. The first kappa shape index (κ1) is 17.4. The summed E-state index contributed by atoms with van der Waals surface area (Å²) in [6.07, 6.45) is 1.95. The Labute approximate surface area is 147 Å². The molecule has 1 aliphatic heterocycles. The van der Waals surface area contributed by atoms with Crippen LogP contribution in [-0.4, -0.2) is 35.8 Å². The highest BCUT2D eigenvalue weighted by atomic mass is 16.6. The molecule has 6 nitrogen and oxygen atoms in total. The van der Waals surface area contributed by atoms with E-state index >= 15 is 0 Å². The lowest BCUT2D eigenvalue weighted by molar-refractivity contribution is -0.384. The second kappa shape index (κ2) is 8.09. The third kappa shape index (κ3) is 4.35. The average molecular weight is 341 g/mol. The first-order chi connectivity index (χ1) is 12.2. The molecule has 1 saturated heterocycles. The van der Waals surface area contributed by atoms with E-state index < -0.39 is 0 Å². The van der Waals surface area contributed by atoms with Gasteiger partial charge in [-0.05, 0) is 30.5 Å². The van der Waals surface area contributed by atoms with E-state index in [0.717, 1.165) is 37.2 Å². The van der Waals surface area contributed by atoms with E-state index in [0.29, 0.717) is 6.04 Å². The Morgan fingerprint density at radius 3 is 2.32 bits per heavy atom. The number of hydrogen-bond acceptors (Lipinski definition) is 5. The van der Waals surface area contributed by atoms with Crippen LogP contribution in [-0.2, 0) is 0 Å². The largest absolute Gasteiger partial charge is 0.394 e. The summed E-state index contributed by atoms with van der Waals surface area (Å²) in [5, 5.41) is 24.0. The lowest BCUT2D eigenvalue weighted by atomic mass is 10.0. The van der Waals surface area contributed by atoms with Crippen LogP contribution >= 0.6 is 0 Å². The molecule has 2 aromatic carbocycles. The number of nitrogens with zero attached hydrogens (tertiary/aromatic N) is 2. The molecule has 3 rings (SSSR count). The second-order valence-electron chi connectivity index (χ2n) is 6.35. The summed E-state index contributed by atoms with van der Waals surface area (Å²) in [6, 6.07) is 17.0. The minimum absolute atomic E-state index is 0.0443. The van der Waals surface area contributed by atoms with Gasteiger partial charge < -0.3 is 15.3 Å². The number of rotatable bonds is 6. The van der Waals surface area contributed by atoms with Crippen LogP contribution in [0.3, 0.4) is 0 Å². The molecule has 0 spiro atoms. The minimum atomic E-state index is -0.376. The third-order valence-corrected chi connectivity index (χ3v) is 4.74. The molecular weight excluding hydrogens is 318 g/mol. The van der Waals surface area contributed by atoms with E-state index in [2.05, 4.69) is 10.2 Å². The third-order valence-electron chi connectivity index (χ3n) is 4.74. The molecule has 0 saturated carbocycles. The summed E-state index contributed by atoms with van der Waals surface area (Å²) >= 11 is 0. The second-order valence-corrected chi connectivity index (χ2v) is 6.35. The maximum absolute atomic E-state index is 10.7. The molecule has 1 atom stereocenters. The van der Waals surface area contributed by atoms with Gasteiger partial charge in [0.15, 0.2) is 0 Å². The molecule has 1 fully saturated rings. The molecule has 25 heavy (non-hydrogen) atoms. The number of nitrogens with one attached hydrogen (secondary N) is 1. The molecule has 2 aromatic rings. The maximum Gasteiger partial charge on any atom is 0.269 e. The smallest absolute Gasteiger partial charge is 0.269 e. The zero-order valence-corrected chi connectivity index (χ0v) is 14.0. The van der Waals surface area contributed by atoms with E-state index in [1.807, 2.05) is 42.5 Å². The monoisotopic (exact) mass is 341 g/mol. The molecule has 0 bridgehead atoms. The summed E-state index contributed by atoms with van der Waals surface area (Å²) in [4.78, 5) is 12.6. The molecule has 1 aliphatic rings. The van der Waals surface area contributed by atoms with Crippen molar-refractivity contribution in [2.45, 2.75) is 24.9 Å². The molecule has 6 heteroatoms. The van der Waals surface area contributed by atoms with E-state index in [1.165, 1.54) is 0 Å². The van der Waals surface area contributed by atoms with Gasteiger partial charge in [0.25, 0.3) is 5.69 Å². The van der Waals surface area contributed by atoms with Crippen molar-refractivity contribution in [2.75, 3.05) is 24.6 Å². The van der Waals surface area contributed by atoms with E-state index in [9.17, 15) is 15.2 Å². The van der Waals surface area contributed by atoms with Crippen LogP contribution in [0.1, 0.15) is 24.4 Å². The predicted octanol–water partition coefficient (Wildman–Crippen LogP) is 2.89. The molecule has 0 aromatic heterocycles. The Morgan fingerprint density at radius 1 is 1.12 bits per heavy atom. The van der Waals surface area contributed by atoms with Crippen LogP contribution in [0.2, 0.25) is 0 Å². The lowest BCUT2D eigenvalue weighted by Gasteiger charge is -2.35. The van der Waals surface area contributed by atoms with E-state index in [-0.39, 0.29) is 23.3 Å². The van der Waals surface area contributed by atoms with Gasteiger partial charge >= 0.3 is 0 Å². The number of nitro groups is 1. The Balaban J connectivity index is 1.55. The SMILES string of the molecule is O=[N+]([O-])c1ccc(N2CCC(NC(CO)c3ccccc3)CC2)cc1. The highest BCUT2D eigenvalue weighted by molar-refractivity contribution is 5.51. The zero-order valence-electron chi connectivity index (χ0n) is 14.0. The number of piperidine rings is 1. The number of hydrogen-bond donors (Lipinski definition) is 2. The quantitative estimate of drug-likeness (QED) is 0.624. The number of benzene rings is 2. The molecule has 0 aliphatic carbocycles. The number of nitro benzene ring substituents is 1. The van der Waals surface area contributed by atoms with E-state index in [1.54, 1.807) is 12.1 Å². The van der Waals surface area contributed by atoms with Gasteiger partial charge in [0.1, 0.15) is 0 Å². The Kier molecular flexibility index (Phi) is 5.63. The summed E-state index contributed by atoms with van der Waals surface area (Å²) < 4.78 is 0. The van der Waals surface area contributed by atoms with Crippen LogP contribution < -0.4 is 10.2 Å². The minimum Gasteiger partial charge on any atom is -0.394 e. The van der Waals surface area contributed by atoms with Crippen LogP contribution in [0.5, 0.6) is 0 Å². The molecule has 1 heterocycles. The normalized spacial score (nSPS) is 16.6. The summed E-state index contributed by atoms with van der Waals surface area (Å²) in [7, 11) is 0. The van der Waals surface area contributed by atoms with Crippen LogP contribution in [0, 0.1) is 10.1 Å². The maximum atomic E-state index is 10.7. The number of aliphatic hydroxyl groups is 1. The zero-order chi connectivity index (χ0) is 17.6. The fourth-order valence-corrected chi connectivity index (χ4v) is 3.31. The van der Waals surface area contributed by atoms with Crippen LogP contribution in [0.15, 0.2) is 54.6 Å². The van der Waals surface area contributed by atoms with E-state index in [4.69, 9.17) is 0 Å². The molecular formula is C19H23N3O3. The van der Waals surface area contributed by atoms with Gasteiger partial charge in [-0.25, -0.2) is 0 Å². The van der Waals surface area contributed by atoms with Gasteiger partial charge in [-0.3, -0.25) is 10.1 Å². The van der Waals surface area contributed by atoms with Crippen molar-refractivity contribution in [1.29, 1.82) is 0 Å². The molecule has 132 valence electrons. The highest BCUT2D eigenvalue weighted by Gasteiger charge is 2.22. The predicted molar refractivity (Wildman–Crippen MR) is 97.7 cm³/mol. The Hall–Kier alpha value is -2.44.